The van der Waals surface area contributed by atoms with Crippen LogP contribution >= 0.6 is 11.3 Å². The van der Waals surface area contributed by atoms with Gasteiger partial charge in [0.25, 0.3) is 0 Å². The smallest absolute Gasteiger partial charge is 0.0952 e. The molecule has 0 aliphatic heterocycles. The molecule has 0 fully saturated rings. The van der Waals surface area contributed by atoms with E-state index in [1.165, 1.54) is 15.3 Å². The summed E-state index contributed by atoms with van der Waals surface area (Å²) < 4.78 is 6.02. The van der Waals surface area contributed by atoms with Crippen molar-refractivity contribution < 1.29 is 4.74 Å². The van der Waals surface area contributed by atoms with Crippen LogP contribution in [0.2, 0.25) is 0 Å². The molecule has 0 amide bonds. The molecule has 24 heavy (non-hydrogen) atoms. The van der Waals surface area contributed by atoms with Gasteiger partial charge in [0.2, 0.25) is 0 Å². The third-order valence-corrected chi connectivity index (χ3v) is 5.15. The van der Waals surface area contributed by atoms with E-state index in [1.807, 2.05) is 29.5 Å². The Morgan fingerprint density at radius 1 is 0.792 bits per heavy atom. The van der Waals surface area contributed by atoms with Crippen molar-refractivity contribution in [2.75, 3.05) is 6.54 Å². The van der Waals surface area contributed by atoms with Gasteiger partial charge in [-0.1, -0.05) is 60.7 Å². The second-order valence-electron chi connectivity index (χ2n) is 5.80. The quantitative estimate of drug-likeness (QED) is 0.644. The van der Waals surface area contributed by atoms with E-state index in [0.29, 0.717) is 13.2 Å². The van der Waals surface area contributed by atoms with E-state index in [2.05, 4.69) is 54.6 Å². The fourth-order valence-electron chi connectivity index (χ4n) is 2.70. The Balaban J connectivity index is 1.52. The van der Waals surface area contributed by atoms with E-state index >= 15 is 0 Å². The molecule has 0 unspecified atom stereocenters. The van der Waals surface area contributed by atoms with Crippen LogP contribution in [0.5, 0.6) is 0 Å². The molecule has 3 aromatic rings. The Labute approximate surface area is 147 Å². The number of rotatable bonds is 8. The summed E-state index contributed by atoms with van der Waals surface area (Å²) in [7, 11) is 0. The summed E-state index contributed by atoms with van der Waals surface area (Å²) in [6.45, 7) is 1.11. The number of thiophene rings is 1. The van der Waals surface area contributed by atoms with Gasteiger partial charge in [0.1, 0.15) is 0 Å². The molecule has 1 heterocycles. The molecule has 2 aromatic carbocycles. The molecule has 0 aliphatic carbocycles. The summed E-state index contributed by atoms with van der Waals surface area (Å²) in [5.74, 6) is 0. The van der Waals surface area contributed by atoms with Crippen LogP contribution in [0.3, 0.4) is 0 Å². The molecule has 0 bridgehead atoms. The van der Waals surface area contributed by atoms with Crippen molar-refractivity contribution in [2.24, 2.45) is 5.73 Å². The maximum absolute atomic E-state index is 6.02. The summed E-state index contributed by atoms with van der Waals surface area (Å²) in [6, 6.07) is 25.2. The van der Waals surface area contributed by atoms with Crippen LogP contribution in [-0.4, -0.2) is 6.54 Å². The van der Waals surface area contributed by atoms with Crippen LogP contribution in [0.4, 0.5) is 0 Å². The Kier molecular flexibility index (Phi) is 6.19. The highest BCUT2D eigenvalue weighted by atomic mass is 32.1. The average Bonchev–Trinajstić information content (AvgIpc) is 3.10. The minimum absolute atomic E-state index is 0.0407. The average molecular weight is 337 g/mol. The van der Waals surface area contributed by atoms with Gasteiger partial charge in [-0.05, 0) is 36.1 Å². The van der Waals surface area contributed by atoms with Crippen LogP contribution in [-0.2, 0) is 24.2 Å². The lowest BCUT2D eigenvalue weighted by Gasteiger charge is -2.15. The normalized spacial score (nSPS) is 12.2. The SMILES string of the molecule is NC[C@H](OCc1ccc(CCc2ccccc2)s1)c1ccccc1. The minimum Gasteiger partial charge on any atom is -0.367 e. The Morgan fingerprint density at radius 3 is 2.17 bits per heavy atom. The van der Waals surface area contributed by atoms with Gasteiger partial charge in [0.15, 0.2) is 0 Å². The largest absolute Gasteiger partial charge is 0.367 e. The molecule has 2 N–H and O–H groups in total. The predicted molar refractivity (Wildman–Crippen MR) is 101 cm³/mol. The topological polar surface area (TPSA) is 35.2 Å². The lowest BCUT2D eigenvalue weighted by atomic mass is 10.1. The van der Waals surface area contributed by atoms with E-state index < -0.39 is 0 Å². The van der Waals surface area contributed by atoms with E-state index in [0.717, 1.165) is 18.4 Å². The van der Waals surface area contributed by atoms with Crippen LogP contribution in [0.25, 0.3) is 0 Å². The zero-order valence-corrected chi connectivity index (χ0v) is 14.5. The molecule has 2 nitrogen and oxygen atoms in total. The van der Waals surface area contributed by atoms with E-state index in [9.17, 15) is 0 Å². The lowest BCUT2D eigenvalue weighted by Crippen LogP contribution is -2.15. The zero-order valence-electron chi connectivity index (χ0n) is 13.7. The Hall–Kier alpha value is -1.94. The molecule has 1 atom stereocenters. The monoisotopic (exact) mass is 337 g/mol. The van der Waals surface area contributed by atoms with Crippen molar-refractivity contribution in [3.8, 4) is 0 Å². The van der Waals surface area contributed by atoms with Gasteiger partial charge in [-0.2, -0.15) is 0 Å². The van der Waals surface area contributed by atoms with Crippen molar-refractivity contribution in [1.82, 2.24) is 0 Å². The summed E-state index contributed by atoms with van der Waals surface area (Å²) in [4.78, 5) is 2.66. The summed E-state index contributed by atoms with van der Waals surface area (Å²) in [6.07, 6.45) is 2.12. The molecule has 0 saturated heterocycles. The van der Waals surface area contributed by atoms with Gasteiger partial charge in [0, 0.05) is 16.3 Å². The van der Waals surface area contributed by atoms with Crippen LogP contribution in [0.1, 0.15) is 27.0 Å². The van der Waals surface area contributed by atoms with E-state index in [4.69, 9.17) is 10.5 Å². The molecule has 0 radical (unpaired) electrons. The highest BCUT2D eigenvalue weighted by Crippen LogP contribution is 2.23. The first-order chi connectivity index (χ1) is 11.8. The number of aryl methyl sites for hydroxylation is 2. The molecule has 124 valence electrons. The fraction of sp³-hybridized carbons (Fsp3) is 0.238. The molecular weight excluding hydrogens is 314 g/mol. The maximum atomic E-state index is 6.02. The Bertz CT molecular complexity index is 724. The van der Waals surface area contributed by atoms with Gasteiger partial charge in [-0.25, -0.2) is 0 Å². The van der Waals surface area contributed by atoms with Gasteiger partial charge in [-0.3, -0.25) is 0 Å². The molecule has 1 aromatic heterocycles. The van der Waals surface area contributed by atoms with Crippen LogP contribution < -0.4 is 5.73 Å². The predicted octanol–water partition coefficient (Wildman–Crippen LogP) is 4.75. The van der Waals surface area contributed by atoms with E-state index in [-0.39, 0.29) is 6.10 Å². The summed E-state index contributed by atoms with van der Waals surface area (Å²) >= 11 is 1.83. The summed E-state index contributed by atoms with van der Waals surface area (Å²) in [5.41, 5.74) is 8.39. The van der Waals surface area contributed by atoms with Crippen molar-refractivity contribution in [3.05, 3.63) is 93.7 Å². The molecular formula is C21H23NOS. The number of benzene rings is 2. The van der Waals surface area contributed by atoms with Crippen molar-refractivity contribution in [3.63, 3.8) is 0 Å². The molecule has 3 heteroatoms. The summed E-state index contributed by atoms with van der Waals surface area (Å²) in [5, 5.41) is 0. The first-order valence-corrected chi connectivity index (χ1v) is 9.15. The standard InChI is InChI=1S/C21H23NOS/c22-15-21(18-9-5-2-6-10-18)23-16-20-14-13-19(24-20)12-11-17-7-3-1-4-8-17/h1-10,13-14,21H,11-12,15-16,22H2/t21-/m0/s1. The van der Waals surface area contributed by atoms with Gasteiger partial charge >= 0.3 is 0 Å². The van der Waals surface area contributed by atoms with Gasteiger partial charge < -0.3 is 10.5 Å². The highest BCUT2D eigenvalue weighted by molar-refractivity contribution is 7.11. The van der Waals surface area contributed by atoms with Gasteiger partial charge in [0.05, 0.1) is 12.7 Å². The van der Waals surface area contributed by atoms with E-state index in [1.54, 1.807) is 0 Å². The molecule has 3 rings (SSSR count). The molecule has 0 spiro atoms. The second-order valence-corrected chi connectivity index (χ2v) is 7.05. The van der Waals surface area contributed by atoms with Crippen molar-refractivity contribution in [2.45, 2.75) is 25.6 Å². The number of hydrogen-bond acceptors (Lipinski definition) is 3. The maximum Gasteiger partial charge on any atom is 0.0952 e. The molecule has 0 saturated carbocycles. The van der Waals surface area contributed by atoms with Gasteiger partial charge in [-0.15, -0.1) is 11.3 Å². The number of nitrogens with two attached hydrogens (primary N) is 1. The fourth-order valence-corrected chi connectivity index (χ4v) is 3.64. The molecule has 0 aliphatic rings. The third kappa shape index (κ3) is 4.78. The van der Waals surface area contributed by atoms with Crippen molar-refractivity contribution in [1.29, 1.82) is 0 Å². The third-order valence-electron chi connectivity index (χ3n) is 4.03. The minimum atomic E-state index is -0.0407. The van der Waals surface area contributed by atoms with Crippen LogP contribution in [0, 0.1) is 0 Å². The second kappa shape index (κ2) is 8.78. The van der Waals surface area contributed by atoms with Crippen molar-refractivity contribution >= 4 is 11.3 Å². The number of hydrogen-bond donors (Lipinski definition) is 1. The zero-order chi connectivity index (χ0) is 16.6. The lowest BCUT2D eigenvalue weighted by molar-refractivity contribution is 0.0473. The number of ether oxygens (including phenoxy) is 1. The first kappa shape index (κ1) is 16.9. The first-order valence-electron chi connectivity index (χ1n) is 8.33. The Morgan fingerprint density at radius 2 is 1.46 bits per heavy atom. The van der Waals surface area contributed by atoms with Crippen LogP contribution in [0.15, 0.2) is 72.8 Å². The highest BCUT2D eigenvalue weighted by Gasteiger charge is 2.10.